The average molecular weight is 319 g/mol. The highest BCUT2D eigenvalue weighted by molar-refractivity contribution is 5.75. The Kier molecular flexibility index (Phi) is 6.60. The number of carbonyl (C=O) groups is 1. The maximum Gasteiger partial charge on any atom is 0.220 e. The number of hydrogen-bond acceptors (Lipinski definition) is 3. The van der Waals surface area contributed by atoms with Crippen LogP contribution in [0.3, 0.4) is 0 Å². The van der Waals surface area contributed by atoms with Crippen LogP contribution in [0.25, 0.3) is 0 Å². The third-order valence-electron chi connectivity index (χ3n) is 3.87. The van der Waals surface area contributed by atoms with Gasteiger partial charge < -0.3 is 14.8 Å². The molecule has 0 unspecified atom stereocenters. The molecule has 2 rings (SSSR count). The van der Waals surface area contributed by atoms with Gasteiger partial charge >= 0.3 is 0 Å². The molecule has 0 aromatic heterocycles. The first-order valence-corrected chi connectivity index (χ1v) is 8.52. The van der Waals surface area contributed by atoms with Crippen LogP contribution < -0.4 is 5.32 Å². The van der Waals surface area contributed by atoms with Crippen molar-refractivity contribution < 1.29 is 14.3 Å². The predicted octanol–water partition coefficient (Wildman–Crippen LogP) is 3.58. The first-order chi connectivity index (χ1) is 10.9. The van der Waals surface area contributed by atoms with Gasteiger partial charge in [-0.05, 0) is 51.2 Å². The van der Waals surface area contributed by atoms with E-state index < -0.39 is 0 Å². The Hall–Kier alpha value is -1.39. The van der Waals surface area contributed by atoms with Crippen LogP contribution in [0.4, 0.5) is 0 Å². The molecule has 1 atom stereocenters. The fraction of sp³-hybridized carbons (Fsp3) is 0.632. The topological polar surface area (TPSA) is 47.6 Å². The quantitative estimate of drug-likeness (QED) is 0.835. The number of benzene rings is 1. The van der Waals surface area contributed by atoms with E-state index in [0.29, 0.717) is 19.6 Å². The number of nitrogens with one attached hydrogen (secondary N) is 1. The highest BCUT2D eigenvalue weighted by Gasteiger charge is 2.16. The van der Waals surface area contributed by atoms with Crippen molar-refractivity contribution in [2.24, 2.45) is 0 Å². The number of carbonyl (C=O) groups excluding carboxylic acids is 1. The summed E-state index contributed by atoms with van der Waals surface area (Å²) in [5, 5.41) is 2.99. The van der Waals surface area contributed by atoms with E-state index in [1.807, 2.05) is 32.9 Å². The molecule has 1 fully saturated rings. The molecule has 1 saturated heterocycles. The Labute approximate surface area is 139 Å². The van der Waals surface area contributed by atoms with E-state index in [9.17, 15) is 4.79 Å². The van der Waals surface area contributed by atoms with Crippen LogP contribution in [0.2, 0.25) is 0 Å². The lowest BCUT2D eigenvalue weighted by atomic mass is 10.1. The first-order valence-electron chi connectivity index (χ1n) is 8.52. The summed E-state index contributed by atoms with van der Waals surface area (Å²) in [5.74, 6) is 0.0943. The molecule has 0 spiro atoms. The van der Waals surface area contributed by atoms with E-state index in [1.54, 1.807) is 0 Å². The smallest absolute Gasteiger partial charge is 0.220 e. The maximum atomic E-state index is 11.9. The molecular formula is C19H29NO3. The number of hydrogen-bond donors (Lipinski definition) is 1. The minimum Gasteiger partial charge on any atom is -0.378 e. The van der Waals surface area contributed by atoms with Gasteiger partial charge in [0.1, 0.15) is 0 Å². The van der Waals surface area contributed by atoms with E-state index >= 15 is 0 Å². The SMILES string of the molecule is CC(C)(C)OCc1cccc(CNC(=O)CC[C@@H]2CCCO2)c1. The van der Waals surface area contributed by atoms with Crippen LogP contribution >= 0.6 is 0 Å². The molecule has 128 valence electrons. The van der Waals surface area contributed by atoms with E-state index in [4.69, 9.17) is 9.47 Å². The van der Waals surface area contributed by atoms with Gasteiger partial charge in [0, 0.05) is 19.6 Å². The van der Waals surface area contributed by atoms with Crippen LogP contribution in [0.5, 0.6) is 0 Å². The summed E-state index contributed by atoms with van der Waals surface area (Å²) in [6.45, 7) is 8.13. The second-order valence-corrected chi connectivity index (χ2v) is 7.17. The van der Waals surface area contributed by atoms with Crippen LogP contribution in [-0.2, 0) is 27.4 Å². The maximum absolute atomic E-state index is 11.9. The average Bonchev–Trinajstić information content (AvgIpc) is 3.02. The molecule has 4 heteroatoms. The zero-order chi connectivity index (χ0) is 16.7. The molecule has 0 bridgehead atoms. The Morgan fingerprint density at radius 3 is 2.83 bits per heavy atom. The predicted molar refractivity (Wildman–Crippen MR) is 91.0 cm³/mol. The molecule has 1 N–H and O–H groups in total. The second kappa shape index (κ2) is 8.46. The van der Waals surface area contributed by atoms with Gasteiger partial charge in [0.15, 0.2) is 0 Å². The van der Waals surface area contributed by atoms with Crippen molar-refractivity contribution in [3.63, 3.8) is 0 Å². The van der Waals surface area contributed by atoms with Crippen molar-refractivity contribution >= 4 is 5.91 Å². The molecule has 1 amide bonds. The van der Waals surface area contributed by atoms with Crippen molar-refractivity contribution in [1.82, 2.24) is 5.32 Å². The highest BCUT2D eigenvalue weighted by Crippen LogP contribution is 2.17. The molecule has 0 saturated carbocycles. The third-order valence-corrected chi connectivity index (χ3v) is 3.87. The van der Waals surface area contributed by atoms with E-state index in [2.05, 4.69) is 17.4 Å². The Morgan fingerprint density at radius 1 is 1.35 bits per heavy atom. The lowest BCUT2D eigenvalue weighted by Gasteiger charge is -2.19. The standard InChI is InChI=1S/C19H29NO3/c1-19(2,3)23-14-16-7-4-6-15(12-16)13-20-18(21)10-9-17-8-5-11-22-17/h4,6-7,12,17H,5,8-11,13-14H2,1-3H3,(H,20,21)/t17-/m0/s1. The zero-order valence-corrected chi connectivity index (χ0v) is 14.6. The van der Waals surface area contributed by atoms with E-state index in [-0.39, 0.29) is 17.6 Å². The van der Waals surface area contributed by atoms with Crippen LogP contribution in [0.15, 0.2) is 24.3 Å². The summed E-state index contributed by atoms with van der Waals surface area (Å²) in [6, 6.07) is 8.18. The Morgan fingerprint density at radius 2 is 2.13 bits per heavy atom. The van der Waals surface area contributed by atoms with Crippen molar-refractivity contribution in [3.05, 3.63) is 35.4 Å². The number of rotatable bonds is 7. The lowest BCUT2D eigenvalue weighted by molar-refractivity contribution is -0.121. The lowest BCUT2D eigenvalue weighted by Crippen LogP contribution is -2.24. The van der Waals surface area contributed by atoms with Gasteiger partial charge in [-0.15, -0.1) is 0 Å². The normalized spacial score (nSPS) is 18.1. The second-order valence-electron chi connectivity index (χ2n) is 7.17. The van der Waals surface area contributed by atoms with Gasteiger partial charge in [0.05, 0.1) is 18.3 Å². The fourth-order valence-electron chi connectivity index (χ4n) is 2.58. The molecule has 23 heavy (non-hydrogen) atoms. The Balaban J connectivity index is 1.73. The van der Waals surface area contributed by atoms with Crippen molar-refractivity contribution in [3.8, 4) is 0 Å². The first kappa shape index (κ1) is 18.0. The Bertz CT molecular complexity index is 502. The minimum atomic E-state index is -0.146. The van der Waals surface area contributed by atoms with Gasteiger partial charge in [-0.25, -0.2) is 0 Å². The molecular weight excluding hydrogens is 290 g/mol. The van der Waals surface area contributed by atoms with E-state index in [1.165, 1.54) is 0 Å². The highest BCUT2D eigenvalue weighted by atomic mass is 16.5. The summed E-state index contributed by atoms with van der Waals surface area (Å²) in [7, 11) is 0. The van der Waals surface area contributed by atoms with Crippen LogP contribution in [-0.4, -0.2) is 24.2 Å². The molecule has 1 aromatic carbocycles. The van der Waals surface area contributed by atoms with Crippen molar-refractivity contribution in [1.29, 1.82) is 0 Å². The number of amides is 1. The summed E-state index contributed by atoms with van der Waals surface area (Å²) >= 11 is 0. The summed E-state index contributed by atoms with van der Waals surface area (Å²) in [5.41, 5.74) is 2.09. The third kappa shape index (κ3) is 7.14. The monoisotopic (exact) mass is 319 g/mol. The molecule has 1 aliphatic heterocycles. The fourth-order valence-corrected chi connectivity index (χ4v) is 2.58. The van der Waals surface area contributed by atoms with Crippen LogP contribution in [0.1, 0.15) is 57.6 Å². The zero-order valence-electron chi connectivity index (χ0n) is 14.6. The van der Waals surface area contributed by atoms with E-state index in [0.717, 1.165) is 37.0 Å². The molecule has 1 aromatic rings. The largest absolute Gasteiger partial charge is 0.378 e. The summed E-state index contributed by atoms with van der Waals surface area (Å²) < 4.78 is 11.3. The van der Waals surface area contributed by atoms with Gasteiger partial charge in [0.2, 0.25) is 5.91 Å². The van der Waals surface area contributed by atoms with Crippen molar-refractivity contribution in [2.75, 3.05) is 6.61 Å². The van der Waals surface area contributed by atoms with Gasteiger partial charge in [0.25, 0.3) is 0 Å². The molecule has 0 radical (unpaired) electrons. The van der Waals surface area contributed by atoms with Gasteiger partial charge in [-0.3, -0.25) is 4.79 Å². The van der Waals surface area contributed by atoms with Crippen molar-refractivity contribution in [2.45, 2.75) is 71.3 Å². The molecule has 4 nitrogen and oxygen atoms in total. The summed E-state index contributed by atoms with van der Waals surface area (Å²) in [6.07, 6.45) is 3.85. The molecule has 1 aliphatic rings. The van der Waals surface area contributed by atoms with Gasteiger partial charge in [-0.2, -0.15) is 0 Å². The number of ether oxygens (including phenoxy) is 2. The summed E-state index contributed by atoms with van der Waals surface area (Å²) in [4.78, 5) is 11.9. The van der Waals surface area contributed by atoms with Gasteiger partial charge in [-0.1, -0.05) is 24.3 Å². The molecule has 0 aliphatic carbocycles. The molecule has 1 heterocycles. The van der Waals surface area contributed by atoms with Crippen LogP contribution in [0, 0.1) is 0 Å². The minimum absolute atomic E-state index is 0.0943.